The monoisotopic (exact) mass is 356 g/mol. The number of carbonyl (C=O) groups excluding carboxylic acids is 1. The van der Waals surface area contributed by atoms with Crippen LogP contribution in [-0.4, -0.2) is 44.1 Å². The van der Waals surface area contributed by atoms with Crippen LogP contribution in [-0.2, 0) is 4.79 Å². The molecule has 0 atom stereocenters. The molecule has 0 aromatic heterocycles. The van der Waals surface area contributed by atoms with E-state index in [0.717, 1.165) is 30.1 Å². The van der Waals surface area contributed by atoms with Crippen LogP contribution in [0.3, 0.4) is 0 Å². The van der Waals surface area contributed by atoms with Gasteiger partial charge in [0.2, 0.25) is 5.91 Å². The molecular formula is C20H21ClN2O2. The fraction of sp³-hybridized carbons (Fsp3) is 0.250. The number of carbonyl (C=O) groups is 1. The molecule has 1 aliphatic rings. The second-order valence-corrected chi connectivity index (χ2v) is 6.27. The minimum Gasteiger partial charge on any atom is -0.497 e. The molecule has 1 saturated heterocycles. The highest BCUT2D eigenvalue weighted by Crippen LogP contribution is 2.21. The van der Waals surface area contributed by atoms with E-state index in [1.54, 1.807) is 19.3 Å². The van der Waals surface area contributed by atoms with Crippen molar-refractivity contribution in [2.75, 3.05) is 38.2 Å². The van der Waals surface area contributed by atoms with Gasteiger partial charge < -0.3 is 14.5 Å². The number of benzene rings is 2. The van der Waals surface area contributed by atoms with Gasteiger partial charge in [-0.15, -0.1) is 0 Å². The topological polar surface area (TPSA) is 32.8 Å². The molecule has 0 spiro atoms. The van der Waals surface area contributed by atoms with E-state index >= 15 is 0 Å². The molecule has 3 rings (SSSR count). The first-order chi connectivity index (χ1) is 12.2. The quantitative estimate of drug-likeness (QED) is 0.783. The number of hydrogen-bond acceptors (Lipinski definition) is 3. The predicted molar refractivity (Wildman–Crippen MR) is 102 cm³/mol. The molecule has 1 aliphatic heterocycles. The summed E-state index contributed by atoms with van der Waals surface area (Å²) in [6.07, 6.45) is 3.38. The first-order valence-electron chi connectivity index (χ1n) is 8.28. The third kappa shape index (κ3) is 4.34. The van der Waals surface area contributed by atoms with E-state index in [0.29, 0.717) is 18.1 Å². The molecule has 25 heavy (non-hydrogen) atoms. The summed E-state index contributed by atoms with van der Waals surface area (Å²) in [6.45, 7) is 3.05. The van der Waals surface area contributed by atoms with Gasteiger partial charge >= 0.3 is 0 Å². The molecule has 5 heteroatoms. The fourth-order valence-electron chi connectivity index (χ4n) is 2.85. The summed E-state index contributed by atoms with van der Waals surface area (Å²) >= 11 is 6.11. The zero-order valence-corrected chi connectivity index (χ0v) is 14.9. The smallest absolute Gasteiger partial charge is 0.246 e. The standard InChI is InChI=1S/C20H21ClN2O2/c1-25-18-9-7-17(8-10-18)22-12-14-23(15-13-22)20(24)11-6-16-4-2-3-5-19(16)21/h2-11H,12-15H2,1H3/b11-6+. The molecule has 1 fully saturated rings. The van der Waals surface area contributed by atoms with Crippen molar-refractivity contribution < 1.29 is 9.53 Å². The third-order valence-corrected chi connectivity index (χ3v) is 4.68. The van der Waals surface area contributed by atoms with Gasteiger partial charge in [-0.25, -0.2) is 0 Å². The Kier molecular flexibility index (Phi) is 5.61. The van der Waals surface area contributed by atoms with Crippen LogP contribution in [0.25, 0.3) is 6.08 Å². The van der Waals surface area contributed by atoms with E-state index in [2.05, 4.69) is 4.90 Å². The number of anilines is 1. The Morgan fingerprint density at radius 3 is 2.36 bits per heavy atom. The minimum absolute atomic E-state index is 0.0225. The number of halogens is 1. The molecule has 4 nitrogen and oxygen atoms in total. The fourth-order valence-corrected chi connectivity index (χ4v) is 3.05. The van der Waals surface area contributed by atoms with Crippen LogP contribution in [0.1, 0.15) is 5.56 Å². The van der Waals surface area contributed by atoms with Crippen LogP contribution < -0.4 is 9.64 Å². The maximum atomic E-state index is 12.4. The summed E-state index contributed by atoms with van der Waals surface area (Å²) in [5.74, 6) is 0.872. The first kappa shape index (κ1) is 17.4. The number of piperazine rings is 1. The van der Waals surface area contributed by atoms with Crippen molar-refractivity contribution in [1.82, 2.24) is 4.90 Å². The molecule has 2 aromatic carbocycles. The molecule has 1 heterocycles. The van der Waals surface area contributed by atoms with Crippen LogP contribution in [0.15, 0.2) is 54.6 Å². The van der Waals surface area contributed by atoms with E-state index in [9.17, 15) is 4.79 Å². The number of rotatable bonds is 4. The number of nitrogens with zero attached hydrogens (tertiary/aromatic N) is 2. The van der Waals surface area contributed by atoms with E-state index in [4.69, 9.17) is 16.3 Å². The normalized spacial score (nSPS) is 14.8. The third-order valence-electron chi connectivity index (χ3n) is 4.34. The van der Waals surface area contributed by atoms with E-state index in [1.807, 2.05) is 53.4 Å². The summed E-state index contributed by atoms with van der Waals surface area (Å²) < 4.78 is 5.19. The summed E-state index contributed by atoms with van der Waals surface area (Å²) in [5, 5.41) is 0.649. The van der Waals surface area contributed by atoms with E-state index < -0.39 is 0 Å². The van der Waals surface area contributed by atoms with Crippen LogP contribution in [0, 0.1) is 0 Å². The average Bonchev–Trinajstić information content (AvgIpc) is 2.67. The van der Waals surface area contributed by atoms with Gasteiger partial charge in [0.1, 0.15) is 5.75 Å². The first-order valence-corrected chi connectivity index (χ1v) is 8.65. The van der Waals surface area contributed by atoms with Crippen LogP contribution >= 0.6 is 11.6 Å². The zero-order valence-electron chi connectivity index (χ0n) is 14.2. The molecule has 0 aliphatic carbocycles. The lowest BCUT2D eigenvalue weighted by Crippen LogP contribution is -2.48. The van der Waals surface area contributed by atoms with Crippen molar-refractivity contribution in [3.8, 4) is 5.75 Å². The number of ether oxygens (including phenoxy) is 1. The Morgan fingerprint density at radius 2 is 1.72 bits per heavy atom. The van der Waals surface area contributed by atoms with Gasteiger partial charge in [-0.05, 0) is 42.0 Å². The maximum absolute atomic E-state index is 12.4. The minimum atomic E-state index is 0.0225. The summed E-state index contributed by atoms with van der Waals surface area (Å²) in [6, 6.07) is 15.5. The Balaban J connectivity index is 1.56. The van der Waals surface area contributed by atoms with Gasteiger partial charge in [0.05, 0.1) is 7.11 Å². The van der Waals surface area contributed by atoms with Crippen molar-refractivity contribution in [3.63, 3.8) is 0 Å². The zero-order chi connectivity index (χ0) is 17.6. The van der Waals surface area contributed by atoms with E-state index in [-0.39, 0.29) is 5.91 Å². The average molecular weight is 357 g/mol. The lowest BCUT2D eigenvalue weighted by atomic mass is 10.2. The van der Waals surface area contributed by atoms with Crippen LogP contribution in [0.5, 0.6) is 5.75 Å². The molecular weight excluding hydrogens is 336 g/mol. The Bertz CT molecular complexity index is 751. The van der Waals surface area contributed by atoms with Crippen LogP contribution in [0.2, 0.25) is 5.02 Å². The largest absolute Gasteiger partial charge is 0.497 e. The highest BCUT2D eigenvalue weighted by molar-refractivity contribution is 6.32. The molecule has 0 saturated carbocycles. The van der Waals surface area contributed by atoms with Gasteiger partial charge in [0, 0.05) is 43.0 Å². The highest BCUT2D eigenvalue weighted by atomic mass is 35.5. The Labute approximate surface area is 153 Å². The molecule has 0 unspecified atom stereocenters. The molecule has 0 N–H and O–H groups in total. The predicted octanol–water partition coefficient (Wildman–Crippen LogP) is 3.71. The second-order valence-electron chi connectivity index (χ2n) is 5.87. The number of hydrogen-bond donors (Lipinski definition) is 0. The van der Waals surface area contributed by atoms with Gasteiger partial charge in [0.15, 0.2) is 0 Å². The highest BCUT2D eigenvalue weighted by Gasteiger charge is 2.19. The van der Waals surface area contributed by atoms with Crippen molar-refractivity contribution in [1.29, 1.82) is 0 Å². The van der Waals surface area contributed by atoms with Crippen molar-refractivity contribution >= 4 is 29.3 Å². The maximum Gasteiger partial charge on any atom is 0.246 e. The van der Waals surface area contributed by atoms with E-state index in [1.165, 1.54) is 0 Å². The van der Waals surface area contributed by atoms with Crippen molar-refractivity contribution in [2.24, 2.45) is 0 Å². The molecule has 0 radical (unpaired) electrons. The molecule has 1 amide bonds. The second kappa shape index (κ2) is 8.08. The Morgan fingerprint density at radius 1 is 1.04 bits per heavy atom. The number of methoxy groups -OCH3 is 1. The summed E-state index contributed by atoms with van der Waals surface area (Å²) in [5.41, 5.74) is 2.01. The van der Waals surface area contributed by atoms with Gasteiger partial charge in [-0.3, -0.25) is 4.79 Å². The lowest BCUT2D eigenvalue weighted by Gasteiger charge is -2.35. The van der Waals surface area contributed by atoms with Crippen molar-refractivity contribution in [3.05, 3.63) is 65.2 Å². The SMILES string of the molecule is COc1ccc(N2CCN(C(=O)/C=C/c3ccccc3Cl)CC2)cc1. The van der Waals surface area contributed by atoms with Gasteiger partial charge in [-0.2, -0.15) is 0 Å². The van der Waals surface area contributed by atoms with Crippen molar-refractivity contribution in [2.45, 2.75) is 0 Å². The van der Waals surface area contributed by atoms with Gasteiger partial charge in [-0.1, -0.05) is 29.8 Å². The Hall–Kier alpha value is -2.46. The lowest BCUT2D eigenvalue weighted by molar-refractivity contribution is -0.126. The molecule has 0 bridgehead atoms. The summed E-state index contributed by atoms with van der Waals surface area (Å²) in [7, 11) is 1.66. The molecule has 130 valence electrons. The van der Waals surface area contributed by atoms with Crippen LogP contribution in [0.4, 0.5) is 5.69 Å². The number of amides is 1. The molecule has 2 aromatic rings. The summed E-state index contributed by atoms with van der Waals surface area (Å²) in [4.78, 5) is 16.5. The van der Waals surface area contributed by atoms with Gasteiger partial charge in [0.25, 0.3) is 0 Å².